The molecule has 3 aliphatic rings. The van der Waals surface area contributed by atoms with Crippen molar-refractivity contribution in [1.82, 2.24) is 14.2 Å². The summed E-state index contributed by atoms with van der Waals surface area (Å²) in [6, 6.07) is 12.9. The van der Waals surface area contributed by atoms with Crippen LogP contribution in [-0.2, 0) is 29.0 Å². The largest absolute Gasteiger partial charge is 0.446 e. The Hall–Kier alpha value is -3.61. The fourth-order valence-corrected chi connectivity index (χ4v) is 6.78. The molecule has 2 amide bonds. The second kappa shape index (κ2) is 11.2. The maximum Gasteiger partial charge on any atom is 0.424 e. The Balaban J connectivity index is 1.35. The number of hydrogen-bond donors (Lipinski definition) is 1. The topological polar surface area (TPSA) is 121 Å². The summed E-state index contributed by atoms with van der Waals surface area (Å²) in [7, 11) is -3.03. The third-order valence-electron chi connectivity index (χ3n) is 8.23. The molecule has 2 saturated heterocycles. The number of H-pyrrole nitrogens is 1. The van der Waals surface area contributed by atoms with Crippen LogP contribution in [0.3, 0.4) is 0 Å². The smallest absolute Gasteiger partial charge is 0.424 e. The van der Waals surface area contributed by atoms with Gasteiger partial charge in [0.1, 0.15) is 13.2 Å². The van der Waals surface area contributed by atoms with E-state index in [0.717, 1.165) is 60.2 Å². The molecule has 12 heteroatoms. The van der Waals surface area contributed by atoms with Crippen LogP contribution in [0.1, 0.15) is 24.8 Å². The van der Waals surface area contributed by atoms with Gasteiger partial charge in [-0.3, -0.25) is 4.79 Å². The first-order valence-electron chi connectivity index (χ1n) is 14.3. The zero-order valence-electron chi connectivity index (χ0n) is 23.9. The molecule has 1 aliphatic carbocycles. The molecule has 42 heavy (non-hydrogen) atoms. The summed E-state index contributed by atoms with van der Waals surface area (Å²) in [4.78, 5) is 33.7. The molecule has 0 bridgehead atoms. The van der Waals surface area contributed by atoms with Gasteiger partial charge >= 0.3 is 6.09 Å². The van der Waals surface area contributed by atoms with Crippen molar-refractivity contribution >= 4 is 38.6 Å². The number of anilines is 1. The average Bonchev–Trinajstić information content (AvgIpc) is 3.54. The van der Waals surface area contributed by atoms with Crippen LogP contribution in [0.4, 0.5) is 10.5 Å². The van der Waals surface area contributed by atoms with Gasteiger partial charge in [-0.05, 0) is 62.1 Å². The highest BCUT2D eigenvalue weighted by molar-refractivity contribution is 7.89. The minimum atomic E-state index is -4.48. The van der Waals surface area contributed by atoms with Gasteiger partial charge in [0, 0.05) is 61.1 Å². The van der Waals surface area contributed by atoms with Crippen molar-refractivity contribution in [1.29, 1.82) is 0 Å². The molecule has 224 valence electrons. The fourth-order valence-electron chi connectivity index (χ4n) is 5.49. The number of nitrogens with zero attached hydrogens (tertiary/aromatic N) is 3. The van der Waals surface area contributed by atoms with E-state index in [1.54, 1.807) is 17.0 Å². The van der Waals surface area contributed by atoms with Crippen LogP contribution in [0, 0.1) is 6.92 Å². The first kappa shape index (κ1) is 28.5. The highest BCUT2D eigenvalue weighted by Gasteiger charge is 2.49. The normalized spacial score (nSPS) is 17.8. The number of benzene rings is 2. The number of hydrogen-bond acceptors (Lipinski definition) is 8. The van der Waals surface area contributed by atoms with E-state index >= 15 is 0 Å². The molecule has 3 heterocycles. The third-order valence-corrected chi connectivity index (χ3v) is 9.93. The molecule has 1 N–H and O–H groups in total. The number of methoxy groups -OCH3 is 1. The van der Waals surface area contributed by atoms with Crippen molar-refractivity contribution in [2.45, 2.75) is 36.7 Å². The van der Waals surface area contributed by atoms with E-state index in [1.807, 2.05) is 31.2 Å². The Morgan fingerprint density at radius 1 is 1.07 bits per heavy atom. The number of ether oxygens (including phenoxy) is 3. The number of carbonyl (C=O) groups is 2. The van der Waals surface area contributed by atoms with Crippen molar-refractivity contribution in [3.05, 3.63) is 48.0 Å². The Kier molecular flexibility index (Phi) is 7.62. The number of aromatic nitrogens is 1. The summed E-state index contributed by atoms with van der Waals surface area (Å²) in [6.45, 7) is 4.12. The lowest BCUT2D eigenvalue weighted by Crippen LogP contribution is -2.51. The SMILES string of the molecule is COCCOC(=O)N(CC(=O)N1CCOC2(CC2)C1)S(=O)(=O)c1ccc(N2CCC2)c(-c2cc3ccc(C)cc3[nH]2)c1. The second-order valence-electron chi connectivity index (χ2n) is 11.3. The van der Waals surface area contributed by atoms with Crippen LogP contribution in [0.15, 0.2) is 47.4 Å². The lowest BCUT2D eigenvalue weighted by molar-refractivity contribution is -0.140. The van der Waals surface area contributed by atoms with Crippen LogP contribution in [0.2, 0.25) is 0 Å². The summed E-state index contributed by atoms with van der Waals surface area (Å²) >= 11 is 0. The van der Waals surface area contributed by atoms with Crippen LogP contribution in [0.25, 0.3) is 22.2 Å². The lowest BCUT2D eigenvalue weighted by atomic mass is 10.1. The van der Waals surface area contributed by atoms with E-state index in [2.05, 4.69) is 9.88 Å². The molecule has 3 fully saturated rings. The van der Waals surface area contributed by atoms with E-state index in [0.29, 0.717) is 29.6 Å². The molecule has 2 aromatic carbocycles. The lowest BCUT2D eigenvalue weighted by Gasteiger charge is -2.35. The van der Waals surface area contributed by atoms with Gasteiger partial charge in [0.15, 0.2) is 0 Å². The Morgan fingerprint density at radius 2 is 1.88 bits per heavy atom. The fraction of sp³-hybridized carbons (Fsp3) is 0.467. The van der Waals surface area contributed by atoms with Gasteiger partial charge in [-0.1, -0.05) is 12.1 Å². The predicted molar refractivity (Wildman–Crippen MR) is 157 cm³/mol. The molecule has 0 radical (unpaired) electrons. The minimum absolute atomic E-state index is 0.0914. The Labute approximate surface area is 245 Å². The average molecular weight is 597 g/mol. The summed E-state index contributed by atoms with van der Waals surface area (Å²) in [5, 5.41) is 1.01. The first-order valence-corrected chi connectivity index (χ1v) is 15.7. The van der Waals surface area contributed by atoms with E-state index in [9.17, 15) is 18.0 Å². The highest BCUT2D eigenvalue weighted by Crippen LogP contribution is 2.42. The number of rotatable bonds is 9. The van der Waals surface area contributed by atoms with E-state index < -0.39 is 28.6 Å². The zero-order valence-corrected chi connectivity index (χ0v) is 24.7. The number of sulfonamides is 1. The number of aromatic amines is 1. The standard InChI is InChI=1S/C30H36N4O7S/c1-21-4-5-22-17-26(31-25(22)16-21)24-18-23(6-7-27(24)32-10-3-11-32)42(37,38)34(29(36)40-15-14-39-2)19-28(35)33-12-13-41-30(20-33)8-9-30/h4-7,16-18,31H,3,8-15,19-20H2,1-2H3. The van der Waals surface area contributed by atoms with Crippen molar-refractivity contribution < 1.29 is 32.2 Å². The molecule has 11 nitrogen and oxygen atoms in total. The monoisotopic (exact) mass is 596 g/mol. The van der Waals surface area contributed by atoms with Gasteiger partial charge in [-0.25, -0.2) is 13.2 Å². The van der Waals surface area contributed by atoms with E-state index in [-0.39, 0.29) is 23.7 Å². The molecule has 2 aliphatic heterocycles. The minimum Gasteiger partial charge on any atom is -0.446 e. The zero-order chi connectivity index (χ0) is 29.5. The Morgan fingerprint density at radius 3 is 2.60 bits per heavy atom. The Bertz CT molecular complexity index is 1610. The maximum absolute atomic E-state index is 14.1. The number of nitrogens with one attached hydrogen (secondary N) is 1. The van der Waals surface area contributed by atoms with Gasteiger partial charge < -0.3 is 29.0 Å². The number of morpholine rings is 1. The van der Waals surface area contributed by atoms with Crippen molar-refractivity contribution in [2.24, 2.45) is 0 Å². The molecular weight excluding hydrogens is 560 g/mol. The molecule has 1 aromatic heterocycles. The van der Waals surface area contributed by atoms with Crippen LogP contribution in [-0.4, -0.2) is 99.9 Å². The molecular formula is C30H36N4O7S. The van der Waals surface area contributed by atoms with Gasteiger partial charge in [-0.15, -0.1) is 0 Å². The van der Waals surface area contributed by atoms with Gasteiger partial charge in [0.25, 0.3) is 10.0 Å². The van der Waals surface area contributed by atoms with Crippen molar-refractivity contribution in [2.75, 3.05) is 64.6 Å². The third kappa shape index (κ3) is 5.58. The summed E-state index contributed by atoms with van der Waals surface area (Å²) in [5.74, 6) is -0.472. The number of amides is 2. The second-order valence-corrected chi connectivity index (χ2v) is 13.1. The van der Waals surface area contributed by atoms with Crippen LogP contribution in [0.5, 0.6) is 0 Å². The quantitative estimate of drug-likeness (QED) is 0.373. The van der Waals surface area contributed by atoms with Crippen molar-refractivity contribution in [3.63, 3.8) is 0 Å². The van der Waals surface area contributed by atoms with Crippen molar-refractivity contribution in [3.8, 4) is 11.3 Å². The van der Waals surface area contributed by atoms with Gasteiger partial charge in [0.05, 0.1) is 23.7 Å². The molecule has 1 spiro atoms. The highest BCUT2D eigenvalue weighted by atomic mass is 32.2. The molecule has 3 aromatic rings. The van der Waals surface area contributed by atoms with Gasteiger partial charge in [-0.2, -0.15) is 4.31 Å². The van der Waals surface area contributed by atoms with E-state index in [1.165, 1.54) is 13.2 Å². The first-order chi connectivity index (χ1) is 20.2. The number of aryl methyl sites for hydroxylation is 1. The molecule has 1 saturated carbocycles. The predicted octanol–water partition coefficient (Wildman–Crippen LogP) is 3.52. The van der Waals surface area contributed by atoms with Gasteiger partial charge in [0.2, 0.25) is 5.91 Å². The molecule has 0 unspecified atom stereocenters. The van der Waals surface area contributed by atoms with Crippen LogP contribution >= 0.6 is 0 Å². The maximum atomic E-state index is 14.1. The number of fused-ring (bicyclic) bond motifs is 1. The summed E-state index contributed by atoms with van der Waals surface area (Å²) < 4.78 is 44.7. The number of carbonyl (C=O) groups excluding carboxylic acids is 2. The summed E-state index contributed by atoms with van der Waals surface area (Å²) in [6.07, 6.45) is 1.65. The van der Waals surface area contributed by atoms with Crippen LogP contribution < -0.4 is 4.90 Å². The van der Waals surface area contributed by atoms with E-state index in [4.69, 9.17) is 14.2 Å². The molecule has 0 atom stereocenters. The molecule has 6 rings (SSSR count). The summed E-state index contributed by atoms with van der Waals surface area (Å²) in [5.41, 5.74) is 4.08.